The Hall–Kier alpha value is -1.68. The molecule has 0 spiro atoms. The van der Waals surface area contributed by atoms with E-state index < -0.39 is 0 Å². The van der Waals surface area contributed by atoms with E-state index in [1.807, 2.05) is 25.1 Å². The second-order valence-corrected chi connectivity index (χ2v) is 6.96. The van der Waals surface area contributed by atoms with E-state index in [9.17, 15) is 4.79 Å². The van der Waals surface area contributed by atoms with Gasteiger partial charge in [0.05, 0.1) is 6.54 Å². The van der Waals surface area contributed by atoms with Crippen LogP contribution in [0, 0.1) is 6.92 Å². The summed E-state index contributed by atoms with van der Waals surface area (Å²) in [5.74, 6) is 0.650. The molecule has 0 aliphatic rings. The van der Waals surface area contributed by atoms with Gasteiger partial charge in [-0.3, -0.25) is 9.78 Å². The molecule has 2 heterocycles. The van der Waals surface area contributed by atoms with Gasteiger partial charge in [-0.15, -0.1) is 35.3 Å². The maximum absolute atomic E-state index is 12.3. The minimum absolute atomic E-state index is 0. The number of carbonyl (C=O) groups excluding carboxylic acids is 1. The number of rotatable bonds is 8. The number of guanidine groups is 1. The lowest BCUT2D eigenvalue weighted by Gasteiger charge is -2.16. The lowest BCUT2D eigenvalue weighted by molar-refractivity contribution is -0.128. The highest BCUT2D eigenvalue weighted by Gasteiger charge is 2.09. The van der Waals surface area contributed by atoms with Gasteiger partial charge in [-0.05, 0) is 43.0 Å². The smallest absolute Gasteiger partial charge is 0.244 e. The van der Waals surface area contributed by atoms with Crippen molar-refractivity contribution in [2.75, 3.05) is 26.7 Å². The van der Waals surface area contributed by atoms with Crippen molar-refractivity contribution in [2.24, 2.45) is 4.99 Å². The van der Waals surface area contributed by atoms with Crippen LogP contribution in [0.2, 0.25) is 0 Å². The first-order chi connectivity index (χ1) is 12.6. The van der Waals surface area contributed by atoms with Crippen LogP contribution in [0.1, 0.15) is 23.1 Å². The summed E-state index contributed by atoms with van der Waals surface area (Å²) in [4.78, 5) is 24.0. The summed E-state index contributed by atoms with van der Waals surface area (Å²) in [7, 11) is 1.80. The molecule has 0 fully saturated rings. The van der Waals surface area contributed by atoms with Crippen molar-refractivity contribution in [3.63, 3.8) is 0 Å². The third-order valence-corrected chi connectivity index (χ3v) is 4.98. The average molecular weight is 501 g/mol. The standard InChI is InChI=1S/C19H27N5OS.HI/c1-4-20-19(22-13-17-15(2)9-12-26-17)23-14-18(25)24(3)11-8-16-7-5-6-10-21-16;/h5-7,9-10,12H,4,8,11,13-14H2,1-3H3,(H2,20,22,23);1H. The topological polar surface area (TPSA) is 69.6 Å². The molecule has 1 amide bonds. The molecule has 0 radical (unpaired) electrons. The van der Waals surface area contributed by atoms with Crippen LogP contribution in [0.5, 0.6) is 0 Å². The third kappa shape index (κ3) is 8.25. The van der Waals surface area contributed by atoms with E-state index in [2.05, 4.69) is 39.0 Å². The number of thiophene rings is 1. The number of aromatic nitrogens is 1. The van der Waals surface area contributed by atoms with Gasteiger partial charge in [-0.2, -0.15) is 0 Å². The summed E-state index contributed by atoms with van der Waals surface area (Å²) in [5, 5.41) is 8.54. The van der Waals surface area contributed by atoms with Crippen molar-refractivity contribution in [3.05, 3.63) is 52.0 Å². The Labute approximate surface area is 182 Å². The van der Waals surface area contributed by atoms with Crippen LogP contribution in [0.4, 0.5) is 0 Å². The van der Waals surface area contributed by atoms with Crippen LogP contribution in [0.25, 0.3) is 0 Å². The molecule has 0 saturated heterocycles. The Morgan fingerprint density at radius 3 is 2.74 bits per heavy atom. The fraction of sp³-hybridized carbons (Fsp3) is 0.421. The van der Waals surface area contributed by atoms with Crippen molar-refractivity contribution in [3.8, 4) is 0 Å². The predicted octanol–water partition coefficient (Wildman–Crippen LogP) is 2.83. The van der Waals surface area contributed by atoms with Gasteiger partial charge in [0.2, 0.25) is 5.91 Å². The van der Waals surface area contributed by atoms with E-state index in [-0.39, 0.29) is 36.4 Å². The zero-order valence-electron chi connectivity index (χ0n) is 16.1. The number of nitrogens with zero attached hydrogens (tertiary/aromatic N) is 3. The molecule has 0 bridgehead atoms. The van der Waals surface area contributed by atoms with Crippen LogP contribution in [-0.2, 0) is 17.8 Å². The van der Waals surface area contributed by atoms with Crippen molar-refractivity contribution in [1.82, 2.24) is 20.5 Å². The van der Waals surface area contributed by atoms with Gasteiger partial charge in [-0.25, -0.2) is 4.99 Å². The van der Waals surface area contributed by atoms with E-state index in [0.29, 0.717) is 19.0 Å². The molecule has 0 atom stereocenters. The predicted molar refractivity (Wildman–Crippen MR) is 123 cm³/mol. The van der Waals surface area contributed by atoms with Crippen LogP contribution in [0.3, 0.4) is 0 Å². The number of pyridine rings is 1. The lowest BCUT2D eigenvalue weighted by atomic mass is 10.2. The molecule has 148 valence electrons. The fourth-order valence-corrected chi connectivity index (χ4v) is 3.16. The van der Waals surface area contributed by atoms with Gasteiger partial charge in [0.15, 0.2) is 5.96 Å². The van der Waals surface area contributed by atoms with Crippen LogP contribution < -0.4 is 10.6 Å². The van der Waals surface area contributed by atoms with Gasteiger partial charge in [0, 0.05) is 43.3 Å². The normalized spacial score (nSPS) is 10.9. The largest absolute Gasteiger partial charge is 0.357 e. The average Bonchev–Trinajstić information content (AvgIpc) is 3.07. The molecular weight excluding hydrogens is 473 g/mol. The number of aliphatic imine (C=N–C) groups is 1. The number of hydrogen-bond donors (Lipinski definition) is 2. The minimum atomic E-state index is -0.00885. The quantitative estimate of drug-likeness (QED) is 0.332. The highest BCUT2D eigenvalue weighted by Crippen LogP contribution is 2.14. The monoisotopic (exact) mass is 501 g/mol. The number of nitrogens with one attached hydrogen (secondary N) is 2. The summed E-state index contributed by atoms with van der Waals surface area (Å²) >= 11 is 1.72. The van der Waals surface area contributed by atoms with Gasteiger partial charge in [0.25, 0.3) is 0 Å². The first-order valence-electron chi connectivity index (χ1n) is 8.79. The van der Waals surface area contributed by atoms with Crippen molar-refractivity contribution >= 4 is 47.2 Å². The van der Waals surface area contributed by atoms with Gasteiger partial charge in [-0.1, -0.05) is 6.07 Å². The molecule has 0 aliphatic heterocycles. The molecule has 0 unspecified atom stereocenters. The summed E-state index contributed by atoms with van der Waals surface area (Å²) in [6, 6.07) is 7.92. The molecule has 0 aliphatic carbocycles. The fourth-order valence-electron chi connectivity index (χ4n) is 2.31. The highest BCUT2D eigenvalue weighted by molar-refractivity contribution is 14.0. The molecule has 2 aromatic heterocycles. The number of likely N-dealkylation sites (N-methyl/N-ethyl adjacent to an activating group) is 1. The Bertz CT molecular complexity index is 720. The Morgan fingerprint density at radius 1 is 1.30 bits per heavy atom. The van der Waals surface area contributed by atoms with E-state index in [0.717, 1.165) is 18.7 Å². The van der Waals surface area contributed by atoms with Crippen molar-refractivity contribution in [2.45, 2.75) is 26.8 Å². The zero-order valence-corrected chi connectivity index (χ0v) is 19.2. The number of hydrogen-bond acceptors (Lipinski definition) is 4. The van der Waals surface area contributed by atoms with E-state index >= 15 is 0 Å². The van der Waals surface area contributed by atoms with E-state index in [1.54, 1.807) is 29.5 Å². The molecule has 2 aromatic rings. The summed E-state index contributed by atoms with van der Waals surface area (Å²) in [6.07, 6.45) is 2.51. The Kier molecular flexibility index (Phi) is 11.0. The molecule has 2 N–H and O–H groups in total. The van der Waals surface area contributed by atoms with Crippen LogP contribution in [0.15, 0.2) is 40.8 Å². The third-order valence-electron chi connectivity index (χ3n) is 3.96. The number of carbonyl (C=O) groups is 1. The number of aryl methyl sites for hydroxylation is 1. The van der Waals surface area contributed by atoms with Gasteiger partial charge < -0.3 is 15.5 Å². The second-order valence-electron chi connectivity index (χ2n) is 5.96. The zero-order chi connectivity index (χ0) is 18.8. The van der Waals surface area contributed by atoms with E-state index in [4.69, 9.17) is 0 Å². The summed E-state index contributed by atoms with van der Waals surface area (Å²) in [5.41, 5.74) is 2.25. The second kappa shape index (κ2) is 12.7. The van der Waals surface area contributed by atoms with Crippen molar-refractivity contribution < 1.29 is 4.79 Å². The molecule has 0 saturated carbocycles. The SMILES string of the molecule is CCNC(=NCC(=O)N(C)CCc1ccccn1)NCc1sccc1C.I. The van der Waals surface area contributed by atoms with Crippen LogP contribution >= 0.6 is 35.3 Å². The first kappa shape index (κ1) is 23.4. The highest BCUT2D eigenvalue weighted by atomic mass is 127. The number of halogens is 1. The molecule has 8 heteroatoms. The summed E-state index contributed by atoms with van der Waals surface area (Å²) < 4.78 is 0. The Balaban J connectivity index is 0.00000364. The number of amides is 1. The molecule has 0 aromatic carbocycles. The first-order valence-corrected chi connectivity index (χ1v) is 9.67. The lowest BCUT2D eigenvalue weighted by Crippen LogP contribution is -2.38. The Morgan fingerprint density at radius 2 is 2.11 bits per heavy atom. The molecule has 27 heavy (non-hydrogen) atoms. The maximum atomic E-state index is 12.3. The minimum Gasteiger partial charge on any atom is -0.357 e. The van der Waals surface area contributed by atoms with Crippen LogP contribution in [-0.4, -0.2) is 48.4 Å². The maximum Gasteiger partial charge on any atom is 0.244 e. The summed E-state index contributed by atoms with van der Waals surface area (Å²) in [6.45, 7) is 6.31. The van der Waals surface area contributed by atoms with Gasteiger partial charge >= 0.3 is 0 Å². The molecule has 6 nitrogen and oxygen atoms in total. The molecular formula is C19H28IN5OS. The van der Waals surface area contributed by atoms with Crippen molar-refractivity contribution in [1.29, 1.82) is 0 Å². The molecule has 2 rings (SSSR count). The van der Waals surface area contributed by atoms with E-state index in [1.165, 1.54) is 10.4 Å². The van der Waals surface area contributed by atoms with Gasteiger partial charge in [0.1, 0.15) is 6.54 Å².